The summed E-state index contributed by atoms with van der Waals surface area (Å²) in [5, 5.41) is 3.01. The molecule has 0 aliphatic carbocycles. The van der Waals surface area contributed by atoms with Crippen LogP contribution >= 0.6 is 15.9 Å². The lowest BCUT2D eigenvalue weighted by molar-refractivity contribution is -0.140. The number of aryl methyl sites for hydroxylation is 2. The largest absolute Gasteiger partial charge is 0.493 e. The van der Waals surface area contributed by atoms with E-state index in [1.807, 2.05) is 88.4 Å². The number of anilines is 1. The van der Waals surface area contributed by atoms with Gasteiger partial charge in [-0.1, -0.05) is 78.3 Å². The third-order valence-electron chi connectivity index (χ3n) is 7.91. The fourth-order valence-corrected chi connectivity index (χ4v) is 7.40. The van der Waals surface area contributed by atoms with Crippen molar-refractivity contribution in [2.24, 2.45) is 5.92 Å². The van der Waals surface area contributed by atoms with E-state index in [0.29, 0.717) is 18.0 Å². The number of benzene rings is 4. The Balaban J connectivity index is 1.85. The number of sulfonamides is 1. The van der Waals surface area contributed by atoms with Crippen molar-refractivity contribution in [2.75, 3.05) is 31.6 Å². The molecule has 2 amide bonds. The molecule has 0 heterocycles. The second-order valence-electron chi connectivity index (χ2n) is 12.4. The zero-order valence-corrected chi connectivity index (χ0v) is 31.2. The van der Waals surface area contributed by atoms with Crippen molar-refractivity contribution in [1.82, 2.24) is 10.2 Å². The Bertz CT molecular complexity index is 1850. The summed E-state index contributed by atoms with van der Waals surface area (Å²) in [5.74, 6) is -0.0733. The van der Waals surface area contributed by atoms with Gasteiger partial charge >= 0.3 is 0 Å². The van der Waals surface area contributed by atoms with E-state index in [-0.39, 0.29) is 35.4 Å². The first-order chi connectivity index (χ1) is 23.3. The van der Waals surface area contributed by atoms with Crippen LogP contribution in [-0.2, 0) is 32.6 Å². The fourth-order valence-electron chi connectivity index (χ4n) is 5.54. The van der Waals surface area contributed by atoms with Gasteiger partial charge in [0, 0.05) is 30.0 Å². The van der Waals surface area contributed by atoms with E-state index in [1.54, 1.807) is 12.1 Å². The number of hydrogen-bond acceptors (Lipinski definition) is 6. The van der Waals surface area contributed by atoms with Crippen molar-refractivity contribution in [3.05, 3.63) is 118 Å². The lowest BCUT2D eigenvalue weighted by Gasteiger charge is -2.34. The molecule has 0 saturated heterocycles. The second kappa shape index (κ2) is 16.8. The molecular weight excluding hydrogens is 706 g/mol. The van der Waals surface area contributed by atoms with Crippen LogP contribution in [0, 0.1) is 19.8 Å². The maximum Gasteiger partial charge on any atom is 0.264 e. The second-order valence-corrected chi connectivity index (χ2v) is 15.1. The van der Waals surface area contributed by atoms with Gasteiger partial charge in [-0.25, -0.2) is 8.42 Å². The highest BCUT2D eigenvalue weighted by molar-refractivity contribution is 9.10. The minimum atomic E-state index is -4.34. The monoisotopic (exact) mass is 749 g/mol. The number of nitrogens with one attached hydrogen (secondary N) is 1. The average molecular weight is 751 g/mol. The molecule has 0 aromatic heterocycles. The van der Waals surface area contributed by atoms with E-state index in [1.165, 1.54) is 37.3 Å². The number of ether oxygens (including phenoxy) is 2. The van der Waals surface area contributed by atoms with Crippen molar-refractivity contribution in [1.29, 1.82) is 0 Å². The average Bonchev–Trinajstić information content (AvgIpc) is 3.07. The summed E-state index contributed by atoms with van der Waals surface area (Å²) < 4.78 is 41.7. The van der Waals surface area contributed by atoms with E-state index < -0.39 is 28.5 Å². The van der Waals surface area contributed by atoms with Crippen LogP contribution in [0.25, 0.3) is 0 Å². The summed E-state index contributed by atoms with van der Waals surface area (Å²) in [6.45, 7) is 7.67. The fraction of sp³-hybridized carbons (Fsp3) is 0.316. The lowest BCUT2D eigenvalue weighted by Crippen LogP contribution is -2.53. The summed E-state index contributed by atoms with van der Waals surface area (Å²) in [5.41, 5.74) is 3.63. The molecule has 1 atom stereocenters. The van der Waals surface area contributed by atoms with Gasteiger partial charge in [-0.2, -0.15) is 0 Å². The first kappa shape index (κ1) is 37.5. The van der Waals surface area contributed by atoms with Crippen molar-refractivity contribution < 1.29 is 27.5 Å². The number of amides is 2. The van der Waals surface area contributed by atoms with Crippen molar-refractivity contribution in [3.8, 4) is 11.5 Å². The summed E-state index contributed by atoms with van der Waals surface area (Å²) in [6, 6.07) is 25.8. The Morgan fingerprint density at radius 1 is 0.816 bits per heavy atom. The third kappa shape index (κ3) is 9.86. The highest BCUT2D eigenvalue weighted by Gasteiger charge is 2.35. The van der Waals surface area contributed by atoms with Crippen molar-refractivity contribution in [2.45, 2.75) is 51.6 Å². The Kier molecular flexibility index (Phi) is 12.9. The van der Waals surface area contributed by atoms with Gasteiger partial charge in [0.25, 0.3) is 10.0 Å². The molecule has 4 aromatic rings. The van der Waals surface area contributed by atoms with Gasteiger partial charge in [0.05, 0.1) is 24.8 Å². The molecule has 0 aliphatic rings. The molecule has 4 rings (SSSR count). The van der Waals surface area contributed by atoms with Gasteiger partial charge in [0.2, 0.25) is 11.8 Å². The quantitative estimate of drug-likeness (QED) is 0.145. The number of carbonyl (C=O) groups is 2. The van der Waals surface area contributed by atoms with Crippen LogP contribution in [0.4, 0.5) is 5.69 Å². The SMILES string of the molecule is COc1ccc(S(=O)(=O)N(CC(=O)N(Cc2cccc(Br)c2)[C@@H](Cc2ccccc2)C(=O)NCC(C)C)c2cc(C)cc(C)c2)cc1OC. The standard InChI is InChI=1S/C38H44BrN3O6S/c1-26(2)23-40-38(44)34(21-29-11-8-7-9-12-29)41(24-30-13-10-14-31(39)20-30)37(43)25-42(32-18-27(3)17-28(4)19-32)49(45,46)33-15-16-35(47-5)36(22-33)48-6/h7-20,22,26,34H,21,23-25H2,1-6H3,(H,40,44)/t34-/m0/s1. The van der Waals surface area contributed by atoms with Gasteiger partial charge in [0.1, 0.15) is 12.6 Å². The van der Waals surface area contributed by atoms with Crippen LogP contribution in [-0.4, -0.2) is 58.5 Å². The molecule has 0 fully saturated rings. The minimum Gasteiger partial charge on any atom is -0.493 e. The van der Waals surface area contributed by atoms with Gasteiger partial charge in [-0.15, -0.1) is 0 Å². The van der Waals surface area contributed by atoms with Crippen LogP contribution in [0.1, 0.15) is 36.1 Å². The highest BCUT2D eigenvalue weighted by Crippen LogP contribution is 2.33. The van der Waals surface area contributed by atoms with Crippen molar-refractivity contribution >= 4 is 43.5 Å². The predicted molar refractivity (Wildman–Crippen MR) is 196 cm³/mol. The van der Waals surface area contributed by atoms with Gasteiger partial charge in [-0.3, -0.25) is 13.9 Å². The summed E-state index contributed by atoms with van der Waals surface area (Å²) in [7, 11) is -1.44. The Morgan fingerprint density at radius 3 is 2.08 bits per heavy atom. The Labute approximate surface area is 298 Å². The third-order valence-corrected chi connectivity index (χ3v) is 10.2. The number of rotatable bonds is 15. The normalized spacial score (nSPS) is 11.9. The number of hydrogen-bond donors (Lipinski definition) is 1. The zero-order valence-electron chi connectivity index (χ0n) is 28.8. The maximum absolute atomic E-state index is 14.7. The molecule has 9 nitrogen and oxygen atoms in total. The molecule has 49 heavy (non-hydrogen) atoms. The van der Waals surface area contributed by atoms with Crippen LogP contribution in [0.3, 0.4) is 0 Å². The Morgan fingerprint density at radius 2 is 1.47 bits per heavy atom. The van der Waals surface area contributed by atoms with Crippen LogP contribution in [0.5, 0.6) is 11.5 Å². The van der Waals surface area contributed by atoms with Crippen molar-refractivity contribution in [3.63, 3.8) is 0 Å². The topological polar surface area (TPSA) is 105 Å². The summed E-state index contributed by atoms with van der Waals surface area (Å²) in [4.78, 5) is 30.1. The maximum atomic E-state index is 14.7. The summed E-state index contributed by atoms with van der Waals surface area (Å²) >= 11 is 3.52. The molecule has 0 aliphatic heterocycles. The number of methoxy groups -OCH3 is 2. The van der Waals surface area contributed by atoms with E-state index in [4.69, 9.17) is 9.47 Å². The molecule has 4 aromatic carbocycles. The molecule has 11 heteroatoms. The van der Waals surface area contributed by atoms with Crippen LogP contribution in [0.15, 0.2) is 100 Å². The van der Waals surface area contributed by atoms with Gasteiger partial charge in [0.15, 0.2) is 11.5 Å². The molecule has 0 bridgehead atoms. The predicted octanol–water partition coefficient (Wildman–Crippen LogP) is 6.69. The molecule has 1 N–H and O–H groups in total. The molecule has 0 saturated carbocycles. The number of halogens is 1. The lowest BCUT2D eigenvalue weighted by atomic mass is 10.0. The van der Waals surface area contributed by atoms with Crippen LogP contribution < -0.4 is 19.1 Å². The highest BCUT2D eigenvalue weighted by atomic mass is 79.9. The Hall–Kier alpha value is -4.35. The number of carbonyl (C=O) groups excluding carboxylic acids is 2. The van der Waals surface area contributed by atoms with E-state index in [2.05, 4.69) is 21.2 Å². The van der Waals surface area contributed by atoms with E-state index in [9.17, 15) is 18.0 Å². The summed E-state index contributed by atoms with van der Waals surface area (Å²) in [6.07, 6.45) is 0.233. The minimum absolute atomic E-state index is 0.0714. The molecule has 260 valence electrons. The molecular formula is C38H44BrN3O6S. The van der Waals surface area contributed by atoms with E-state index in [0.717, 1.165) is 31.0 Å². The van der Waals surface area contributed by atoms with E-state index >= 15 is 0 Å². The smallest absolute Gasteiger partial charge is 0.264 e. The van der Waals surface area contributed by atoms with Crippen LogP contribution in [0.2, 0.25) is 0 Å². The zero-order chi connectivity index (χ0) is 35.7. The van der Waals surface area contributed by atoms with Gasteiger partial charge in [-0.05, 0) is 78.4 Å². The molecule has 0 radical (unpaired) electrons. The molecule has 0 unspecified atom stereocenters. The number of nitrogens with zero attached hydrogens (tertiary/aromatic N) is 2. The first-order valence-electron chi connectivity index (χ1n) is 16.0. The first-order valence-corrected chi connectivity index (χ1v) is 18.2. The van der Waals surface area contributed by atoms with Gasteiger partial charge < -0.3 is 19.7 Å². The molecule has 0 spiro atoms.